The largest absolute Gasteiger partial charge is 0.311 e. The first kappa shape index (κ1) is 22.1. The Bertz CT molecular complexity index is 2520. The molecule has 8 aromatic rings. The fourth-order valence-corrected chi connectivity index (χ4v) is 8.54. The standard InChI is InChI=1S/C40H23BN2/c1-2-11-25(12-3-1)42-32-17-7-6-16-30(32)41-31-22-21-29-27-14-5-4-13-26(27)28-15-8-10-24-20-23-33-38(36(24)28)37(29)40(31)43(33)35-19-9-18-34(42)39(35)41/h1-23H. The maximum absolute atomic E-state index is 2.58. The summed E-state index contributed by atoms with van der Waals surface area (Å²) in [6, 6.07) is 52.0. The minimum Gasteiger partial charge on any atom is -0.311 e. The van der Waals surface area contributed by atoms with E-state index in [4.69, 9.17) is 0 Å². The van der Waals surface area contributed by atoms with Gasteiger partial charge in [-0.25, -0.2) is 0 Å². The van der Waals surface area contributed by atoms with Gasteiger partial charge in [0.25, 0.3) is 6.71 Å². The fourth-order valence-electron chi connectivity index (χ4n) is 8.54. The molecule has 0 bridgehead atoms. The van der Waals surface area contributed by atoms with Crippen molar-refractivity contribution in [3.05, 3.63) is 140 Å². The van der Waals surface area contributed by atoms with Crippen molar-refractivity contribution in [1.29, 1.82) is 0 Å². The number of hydrogen-bond acceptors (Lipinski definition) is 1. The number of hydrogen-bond donors (Lipinski definition) is 0. The van der Waals surface area contributed by atoms with Gasteiger partial charge < -0.3 is 9.47 Å². The van der Waals surface area contributed by atoms with Crippen LogP contribution < -0.4 is 21.3 Å². The van der Waals surface area contributed by atoms with Gasteiger partial charge in [0.2, 0.25) is 0 Å². The second kappa shape index (κ2) is 7.64. The molecule has 2 nitrogen and oxygen atoms in total. The lowest BCUT2D eigenvalue weighted by Crippen LogP contribution is -2.60. The number of para-hydroxylation sites is 2. The van der Waals surface area contributed by atoms with Gasteiger partial charge in [0.1, 0.15) is 0 Å². The molecule has 0 radical (unpaired) electrons. The summed E-state index contributed by atoms with van der Waals surface area (Å²) in [5.74, 6) is 0. The van der Waals surface area contributed by atoms with E-state index in [-0.39, 0.29) is 6.71 Å². The molecule has 196 valence electrons. The van der Waals surface area contributed by atoms with Crippen LogP contribution in [0, 0.1) is 0 Å². The van der Waals surface area contributed by atoms with Gasteiger partial charge in [0.05, 0.1) is 11.0 Å². The predicted octanol–water partition coefficient (Wildman–Crippen LogP) is 8.20. The van der Waals surface area contributed by atoms with Crippen LogP contribution in [0.3, 0.4) is 0 Å². The minimum atomic E-state index is 0.150. The SMILES string of the molecule is c1ccc(N2c3ccccc3B3c4c2cccc4-n2c4ccc5cccc6c5c4c4c(ccc3c42)-c2ccccc2-6)cc1. The molecule has 3 aliphatic rings. The van der Waals surface area contributed by atoms with E-state index < -0.39 is 0 Å². The fraction of sp³-hybridized carbons (Fsp3) is 0. The van der Waals surface area contributed by atoms with Crippen molar-refractivity contribution >= 4 is 72.7 Å². The Hall–Kier alpha value is -5.54. The van der Waals surface area contributed by atoms with E-state index >= 15 is 0 Å². The Morgan fingerprint density at radius 3 is 2.00 bits per heavy atom. The minimum absolute atomic E-state index is 0.150. The number of rotatable bonds is 1. The molecule has 0 unspecified atom stereocenters. The van der Waals surface area contributed by atoms with Gasteiger partial charge in [-0.3, -0.25) is 0 Å². The smallest absolute Gasteiger partial charge is 0.252 e. The maximum Gasteiger partial charge on any atom is 0.252 e. The Morgan fingerprint density at radius 1 is 0.419 bits per heavy atom. The van der Waals surface area contributed by atoms with Crippen molar-refractivity contribution in [2.45, 2.75) is 0 Å². The van der Waals surface area contributed by atoms with Crippen LogP contribution in [0.2, 0.25) is 0 Å². The summed E-state index contributed by atoms with van der Waals surface area (Å²) >= 11 is 0. The summed E-state index contributed by atoms with van der Waals surface area (Å²) in [5, 5.41) is 5.42. The highest BCUT2D eigenvalue weighted by Crippen LogP contribution is 2.50. The van der Waals surface area contributed by atoms with Crippen molar-refractivity contribution in [3.63, 3.8) is 0 Å². The van der Waals surface area contributed by atoms with E-state index in [0.29, 0.717) is 0 Å². The van der Waals surface area contributed by atoms with Crippen LogP contribution in [0.15, 0.2) is 140 Å². The molecule has 0 saturated carbocycles. The number of benzene rings is 7. The molecule has 11 rings (SSSR count). The summed E-state index contributed by atoms with van der Waals surface area (Å²) in [6.45, 7) is 0.150. The monoisotopic (exact) mass is 542 g/mol. The molecule has 1 aromatic heterocycles. The summed E-state index contributed by atoms with van der Waals surface area (Å²) < 4.78 is 2.58. The molecular formula is C40H23BN2. The predicted molar refractivity (Wildman–Crippen MR) is 182 cm³/mol. The van der Waals surface area contributed by atoms with Crippen LogP contribution in [0.1, 0.15) is 0 Å². The van der Waals surface area contributed by atoms with Crippen molar-refractivity contribution in [1.82, 2.24) is 4.57 Å². The topological polar surface area (TPSA) is 8.17 Å². The molecule has 1 aliphatic carbocycles. The maximum atomic E-state index is 2.58. The van der Waals surface area contributed by atoms with Crippen molar-refractivity contribution in [2.24, 2.45) is 0 Å². The van der Waals surface area contributed by atoms with Crippen LogP contribution in [-0.2, 0) is 0 Å². The summed E-state index contributed by atoms with van der Waals surface area (Å²) in [6.07, 6.45) is 0. The van der Waals surface area contributed by atoms with Crippen molar-refractivity contribution in [3.8, 4) is 27.9 Å². The van der Waals surface area contributed by atoms with E-state index in [1.807, 2.05) is 0 Å². The van der Waals surface area contributed by atoms with Crippen LogP contribution >= 0.6 is 0 Å². The molecule has 2 aliphatic heterocycles. The van der Waals surface area contributed by atoms with Gasteiger partial charge in [-0.1, -0.05) is 103 Å². The van der Waals surface area contributed by atoms with Gasteiger partial charge in [0, 0.05) is 33.5 Å². The Morgan fingerprint density at radius 2 is 1.12 bits per heavy atom. The van der Waals surface area contributed by atoms with Crippen molar-refractivity contribution in [2.75, 3.05) is 4.90 Å². The molecule has 43 heavy (non-hydrogen) atoms. The molecule has 3 heteroatoms. The third kappa shape index (κ3) is 2.54. The van der Waals surface area contributed by atoms with E-state index in [0.717, 1.165) is 0 Å². The molecule has 0 N–H and O–H groups in total. The lowest BCUT2D eigenvalue weighted by atomic mass is 9.34. The molecule has 0 atom stereocenters. The average Bonchev–Trinajstić information content (AvgIpc) is 3.36. The first-order chi connectivity index (χ1) is 21.4. The summed E-state index contributed by atoms with van der Waals surface area (Å²) in [5.41, 5.74) is 17.0. The molecular weight excluding hydrogens is 519 g/mol. The van der Waals surface area contributed by atoms with Gasteiger partial charge in [-0.2, -0.15) is 0 Å². The third-order valence-electron chi connectivity index (χ3n) is 10.1. The van der Waals surface area contributed by atoms with Gasteiger partial charge in [-0.05, 0) is 85.8 Å². The highest BCUT2D eigenvalue weighted by Gasteiger charge is 2.42. The van der Waals surface area contributed by atoms with Crippen LogP contribution in [0.5, 0.6) is 0 Å². The molecule has 0 amide bonds. The molecule has 0 spiro atoms. The van der Waals surface area contributed by atoms with E-state index in [2.05, 4.69) is 149 Å². The first-order valence-corrected chi connectivity index (χ1v) is 15.1. The lowest BCUT2D eigenvalue weighted by Gasteiger charge is -2.40. The van der Waals surface area contributed by atoms with Crippen LogP contribution in [-0.4, -0.2) is 11.3 Å². The Labute approximate surface area is 249 Å². The summed E-state index contributed by atoms with van der Waals surface area (Å²) in [4.78, 5) is 2.46. The number of aromatic nitrogens is 1. The number of fused-ring (bicyclic) bond motifs is 8. The Kier molecular flexibility index (Phi) is 3.93. The van der Waals surface area contributed by atoms with Crippen molar-refractivity contribution < 1.29 is 0 Å². The quantitative estimate of drug-likeness (QED) is 0.190. The van der Waals surface area contributed by atoms with Crippen LogP contribution in [0.25, 0.3) is 60.5 Å². The highest BCUT2D eigenvalue weighted by atomic mass is 15.2. The normalized spacial score (nSPS) is 13.5. The Balaban J connectivity index is 1.37. The van der Waals surface area contributed by atoms with Gasteiger partial charge in [-0.15, -0.1) is 0 Å². The highest BCUT2D eigenvalue weighted by molar-refractivity contribution is 7.00. The van der Waals surface area contributed by atoms with E-state index in [9.17, 15) is 0 Å². The third-order valence-corrected chi connectivity index (χ3v) is 10.1. The lowest BCUT2D eigenvalue weighted by molar-refractivity contribution is 1.18. The molecule has 3 heterocycles. The second-order valence-electron chi connectivity index (χ2n) is 12.0. The molecule has 0 saturated heterocycles. The zero-order valence-corrected chi connectivity index (χ0v) is 23.3. The summed E-state index contributed by atoms with van der Waals surface area (Å²) in [7, 11) is 0. The average molecular weight is 542 g/mol. The van der Waals surface area contributed by atoms with Crippen LogP contribution in [0.4, 0.5) is 17.1 Å². The first-order valence-electron chi connectivity index (χ1n) is 15.1. The van der Waals surface area contributed by atoms with Gasteiger partial charge in [0.15, 0.2) is 0 Å². The molecule has 0 fully saturated rings. The second-order valence-corrected chi connectivity index (χ2v) is 12.0. The molecule has 7 aromatic carbocycles. The number of anilines is 3. The zero-order chi connectivity index (χ0) is 27.8. The number of nitrogens with zero attached hydrogens (tertiary/aromatic N) is 2. The van der Waals surface area contributed by atoms with E-state index in [1.54, 1.807) is 0 Å². The van der Waals surface area contributed by atoms with E-state index in [1.165, 1.54) is 94.0 Å². The van der Waals surface area contributed by atoms with Gasteiger partial charge >= 0.3 is 0 Å². The zero-order valence-electron chi connectivity index (χ0n) is 23.3.